The van der Waals surface area contributed by atoms with Crippen molar-refractivity contribution in [1.82, 2.24) is 0 Å². The first-order valence-electron chi connectivity index (χ1n) is 2.81. The van der Waals surface area contributed by atoms with Crippen LogP contribution in [0, 0.1) is 12.3 Å². The molecule has 0 spiro atoms. The average molecular weight is 151 g/mol. The Labute approximate surface area is 66.6 Å². The van der Waals surface area contributed by atoms with E-state index in [1.54, 1.807) is 12.2 Å². The van der Waals surface area contributed by atoms with Crippen molar-refractivity contribution in [1.29, 1.82) is 0 Å². The normalized spacial score (nSPS) is 11.4. The highest BCUT2D eigenvalue weighted by Crippen LogP contribution is 1.92. The van der Waals surface area contributed by atoms with E-state index >= 15 is 0 Å². The van der Waals surface area contributed by atoms with Crippen LogP contribution in [0.1, 0.15) is 6.92 Å². The molecule has 0 unspecified atom stereocenters. The zero-order chi connectivity index (χ0) is 7.98. The van der Waals surface area contributed by atoms with Gasteiger partial charge >= 0.3 is 0 Å². The summed E-state index contributed by atoms with van der Waals surface area (Å²) in [5, 5.41) is 0. The lowest BCUT2D eigenvalue weighted by atomic mass is 10.2. The number of hydrogen-bond acceptors (Lipinski definition) is 1. The van der Waals surface area contributed by atoms with E-state index in [1.807, 2.05) is 13.0 Å². The Hall–Kier alpha value is -1.07. The van der Waals surface area contributed by atoms with E-state index < -0.39 is 0 Å². The molecule has 0 bridgehead atoms. The van der Waals surface area contributed by atoms with Crippen molar-refractivity contribution in [2.24, 2.45) is 5.73 Å². The van der Waals surface area contributed by atoms with E-state index in [1.165, 1.54) is 0 Å². The molecule has 52 valence electrons. The van der Waals surface area contributed by atoms with Crippen LogP contribution in [0.2, 0.25) is 0 Å². The lowest BCUT2D eigenvalue weighted by molar-refractivity contribution is 1.70. The zero-order valence-electron chi connectivity index (χ0n) is 5.79. The Balaban J connectivity index is 4.38. The van der Waals surface area contributed by atoms with Gasteiger partial charge in [0.15, 0.2) is 0 Å². The van der Waals surface area contributed by atoms with Crippen molar-refractivity contribution < 1.29 is 0 Å². The van der Waals surface area contributed by atoms with E-state index in [2.05, 4.69) is 18.1 Å². The van der Waals surface area contributed by atoms with Gasteiger partial charge in [0.25, 0.3) is 0 Å². The van der Waals surface area contributed by atoms with E-state index in [4.69, 9.17) is 12.2 Å². The summed E-state index contributed by atoms with van der Waals surface area (Å²) in [6.07, 6.45) is 10.5. The van der Waals surface area contributed by atoms with E-state index in [9.17, 15) is 0 Å². The summed E-state index contributed by atoms with van der Waals surface area (Å²) >= 11 is 4.66. The van der Waals surface area contributed by atoms with Crippen molar-refractivity contribution in [3.05, 3.63) is 23.8 Å². The fraction of sp³-hybridized carbons (Fsp3) is 0.125. The lowest BCUT2D eigenvalue weighted by Gasteiger charge is -1.90. The molecule has 10 heavy (non-hydrogen) atoms. The predicted molar refractivity (Wildman–Crippen MR) is 48.5 cm³/mol. The van der Waals surface area contributed by atoms with Crippen molar-refractivity contribution in [2.45, 2.75) is 6.92 Å². The third-order valence-electron chi connectivity index (χ3n) is 0.876. The lowest BCUT2D eigenvalue weighted by Crippen LogP contribution is -2.09. The van der Waals surface area contributed by atoms with Crippen LogP contribution in [0.3, 0.4) is 0 Å². The molecule has 1 nitrogen and oxygen atoms in total. The second kappa shape index (κ2) is 4.78. The van der Waals surface area contributed by atoms with Gasteiger partial charge in [0.1, 0.15) is 4.99 Å². The summed E-state index contributed by atoms with van der Waals surface area (Å²) in [6.45, 7) is 1.89. The molecule has 0 fully saturated rings. The van der Waals surface area contributed by atoms with Crippen LogP contribution in [0.25, 0.3) is 0 Å². The molecule has 0 aromatic heterocycles. The molecule has 0 atom stereocenters. The summed E-state index contributed by atoms with van der Waals surface area (Å²) in [5.74, 6) is 2.38. The fourth-order valence-electron chi connectivity index (χ4n) is 0.394. The van der Waals surface area contributed by atoms with Gasteiger partial charge in [-0.3, -0.25) is 0 Å². The van der Waals surface area contributed by atoms with Gasteiger partial charge in [0, 0.05) is 0 Å². The highest BCUT2D eigenvalue weighted by molar-refractivity contribution is 7.80. The molecule has 0 aliphatic heterocycles. The molecule has 0 saturated heterocycles. The third kappa shape index (κ3) is 3.06. The van der Waals surface area contributed by atoms with Crippen LogP contribution >= 0.6 is 12.2 Å². The minimum absolute atomic E-state index is 0.264. The Morgan fingerprint density at radius 3 is 2.60 bits per heavy atom. The highest BCUT2D eigenvalue weighted by Gasteiger charge is 1.90. The highest BCUT2D eigenvalue weighted by atomic mass is 32.1. The van der Waals surface area contributed by atoms with Crippen molar-refractivity contribution >= 4 is 17.2 Å². The zero-order valence-corrected chi connectivity index (χ0v) is 6.61. The van der Waals surface area contributed by atoms with Gasteiger partial charge in [-0.1, -0.05) is 30.3 Å². The second-order valence-corrected chi connectivity index (χ2v) is 2.05. The predicted octanol–water partition coefficient (Wildman–Crippen LogP) is 1.41. The third-order valence-corrected chi connectivity index (χ3v) is 1.10. The molecule has 0 aliphatic carbocycles. The summed E-state index contributed by atoms with van der Waals surface area (Å²) in [5.41, 5.74) is 5.84. The topological polar surface area (TPSA) is 26.0 Å². The number of rotatable bonds is 2. The molecule has 0 aliphatic rings. The maximum Gasteiger partial charge on any atom is 0.112 e. The molecule has 0 heterocycles. The minimum Gasteiger partial charge on any atom is -0.389 e. The summed E-state index contributed by atoms with van der Waals surface area (Å²) in [4.78, 5) is 0.264. The van der Waals surface area contributed by atoms with Gasteiger partial charge in [0.05, 0.1) is 5.57 Å². The van der Waals surface area contributed by atoms with Gasteiger partial charge in [-0.15, -0.1) is 6.42 Å². The maximum absolute atomic E-state index is 5.27. The standard InChI is InChI=1S/C8H9NS/c1-3-5-6-7(4-2)8(9)10/h2-3,5-6H,1H3,(H2,9,10)/b5-3-,7-6+. The number of terminal acetylenes is 1. The van der Waals surface area contributed by atoms with Crippen molar-refractivity contribution in [2.75, 3.05) is 0 Å². The average Bonchev–Trinajstić information content (AvgIpc) is 1.89. The van der Waals surface area contributed by atoms with Crippen LogP contribution < -0.4 is 5.73 Å². The second-order valence-electron chi connectivity index (χ2n) is 1.61. The fourth-order valence-corrected chi connectivity index (χ4v) is 0.521. The Bertz CT molecular complexity index is 218. The first-order valence-corrected chi connectivity index (χ1v) is 3.22. The van der Waals surface area contributed by atoms with E-state index in [0.29, 0.717) is 5.57 Å². The molecule has 0 aromatic carbocycles. The largest absolute Gasteiger partial charge is 0.389 e. The van der Waals surface area contributed by atoms with Crippen molar-refractivity contribution in [3.63, 3.8) is 0 Å². The molecule has 2 N–H and O–H groups in total. The maximum atomic E-state index is 5.27. The molecule has 2 heteroatoms. The molecule has 0 radical (unpaired) electrons. The minimum atomic E-state index is 0.264. The van der Waals surface area contributed by atoms with Crippen LogP contribution in [0.5, 0.6) is 0 Å². The molecular formula is C8H9NS. The Morgan fingerprint density at radius 1 is 1.70 bits per heavy atom. The van der Waals surface area contributed by atoms with Crippen molar-refractivity contribution in [3.8, 4) is 12.3 Å². The Kier molecular flexibility index (Phi) is 4.26. The van der Waals surface area contributed by atoms with E-state index in [-0.39, 0.29) is 4.99 Å². The number of thiocarbonyl (C=S) groups is 1. The van der Waals surface area contributed by atoms with Crippen LogP contribution in [-0.2, 0) is 0 Å². The number of nitrogens with two attached hydrogens (primary N) is 1. The monoisotopic (exact) mass is 151 g/mol. The Morgan fingerprint density at radius 2 is 2.30 bits per heavy atom. The van der Waals surface area contributed by atoms with E-state index in [0.717, 1.165) is 0 Å². The van der Waals surface area contributed by atoms with Crippen LogP contribution in [-0.4, -0.2) is 4.99 Å². The van der Waals surface area contributed by atoms with Crippen LogP contribution in [0.15, 0.2) is 23.8 Å². The van der Waals surface area contributed by atoms with Gasteiger partial charge in [-0.2, -0.15) is 0 Å². The van der Waals surface area contributed by atoms with Gasteiger partial charge < -0.3 is 5.73 Å². The SMILES string of the molecule is C#C/C(=C\C=C/C)C(N)=S. The van der Waals surface area contributed by atoms with Gasteiger partial charge in [-0.25, -0.2) is 0 Å². The smallest absolute Gasteiger partial charge is 0.112 e. The summed E-state index contributed by atoms with van der Waals surface area (Å²) in [6, 6.07) is 0. The molecule has 0 aromatic rings. The molecule has 0 rings (SSSR count). The number of hydrogen-bond donors (Lipinski definition) is 1. The summed E-state index contributed by atoms with van der Waals surface area (Å²) in [7, 11) is 0. The van der Waals surface area contributed by atoms with Gasteiger partial charge in [-0.05, 0) is 13.0 Å². The molecule has 0 saturated carbocycles. The van der Waals surface area contributed by atoms with Crippen LogP contribution in [0.4, 0.5) is 0 Å². The molecular weight excluding hydrogens is 142 g/mol. The summed E-state index contributed by atoms with van der Waals surface area (Å²) < 4.78 is 0. The first-order chi connectivity index (χ1) is 4.72. The quantitative estimate of drug-likeness (QED) is 0.279. The first kappa shape index (κ1) is 8.93. The van der Waals surface area contributed by atoms with Gasteiger partial charge in [0.2, 0.25) is 0 Å². The molecule has 0 amide bonds. The number of allylic oxidation sites excluding steroid dienone is 3.